The zero-order valence-corrected chi connectivity index (χ0v) is 18.7. The van der Waals surface area contributed by atoms with Crippen LogP contribution in [0.25, 0.3) is 5.76 Å². The van der Waals surface area contributed by atoms with E-state index in [9.17, 15) is 24.8 Å². The van der Waals surface area contributed by atoms with Crippen LogP contribution in [0.3, 0.4) is 0 Å². The summed E-state index contributed by atoms with van der Waals surface area (Å²) >= 11 is 0. The van der Waals surface area contributed by atoms with Crippen molar-refractivity contribution in [2.75, 3.05) is 46.5 Å². The lowest BCUT2D eigenvalue weighted by Gasteiger charge is -2.31. The van der Waals surface area contributed by atoms with E-state index in [1.165, 1.54) is 30.2 Å². The first-order chi connectivity index (χ1) is 16.4. The van der Waals surface area contributed by atoms with Crippen LogP contribution < -0.4 is 4.74 Å². The molecule has 1 atom stereocenters. The molecule has 2 fully saturated rings. The van der Waals surface area contributed by atoms with Crippen LogP contribution in [-0.2, 0) is 14.3 Å². The Hall–Kier alpha value is -3.76. The number of aliphatic hydroxyl groups excluding tert-OH is 1. The summed E-state index contributed by atoms with van der Waals surface area (Å²) in [6.07, 6.45) is 0. The number of methoxy groups -OCH3 is 1. The molecular weight excluding hydrogens is 442 g/mol. The third kappa shape index (κ3) is 4.50. The fourth-order valence-corrected chi connectivity index (χ4v) is 4.32. The van der Waals surface area contributed by atoms with E-state index in [4.69, 9.17) is 9.47 Å². The number of carbonyl (C=O) groups excluding carboxylic acids is 2. The number of benzene rings is 2. The smallest absolute Gasteiger partial charge is 0.295 e. The van der Waals surface area contributed by atoms with Gasteiger partial charge in [0.1, 0.15) is 11.5 Å². The highest BCUT2D eigenvalue weighted by molar-refractivity contribution is 6.46. The van der Waals surface area contributed by atoms with E-state index >= 15 is 0 Å². The second-order valence-electron chi connectivity index (χ2n) is 8.00. The van der Waals surface area contributed by atoms with Crippen LogP contribution in [0.15, 0.2) is 54.1 Å². The Morgan fingerprint density at radius 2 is 1.88 bits per heavy atom. The van der Waals surface area contributed by atoms with E-state index in [0.29, 0.717) is 44.2 Å². The highest BCUT2D eigenvalue weighted by Gasteiger charge is 2.46. The first kappa shape index (κ1) is 23.4. The predicted octanol–water partition coefficient (Wildman–Crippen LogP) is 2.36. The number of ketones is 1. The van der Waals surface area contributed by atoms with Crippen molar-refractivity contribution < 1.29 is 29.1 Å². The second kappa shape index (κ2) is 10.0. The van der Waals surface area contributed by atoms with Crippen molar-refractivity contribution in [1.29, 1.82) is 0 Å². The van der Waals surface area contributed by atoms with Gasteiger partial charge in [0.05, 0.1) is 42.4 Å². The van der Waals surface area contributed by atoms with Gasteiger partial charge in [-0.05, 0) is 17.7 Å². The van der Waals surface area contributed by atoms with E-state index in [0.717, 1.165) is 0 Å². The zero-order valence-electron chi connectivity index (χ0n) is 18.7. The van der Waals surface area contributed by atoms with Gasteiger partial charge in [0.2, 0.25) is 0 Å². The number of morpholine rings is 1. The summed E-state index contributed by atoms with van der Waals surface area (Å²) in [5.74, 6) is -1.67. The van der Waals surface area contributed by atoms with Crippen LogP contribution in [0.4, 0.5) is 5.69 Å². The molecule has 2 aromatic rings. The molecule has 1 unspecified atom stereocenters. The molecule has 0 aromatic heterocycles. The van der Waals surface area contributed by atoms with Crippen molar-refractivity contribution in [3.8, 4) is 5.75 Å². The molecule has 1 N–H and O–H groups in total. The van der Waals surface area contributed by atoms with Crippen molar-refractivity contribution in [3.63, 3.8) is 0 Å². The highest BCUT2D eigenvalue weighted by Crippen LogP contribution is 2.41. The molecule has 0 spiro atoms. The van der Waals surface area contributed by atoms with E-state index in [2.05, 4.69) is 4.90 Å². The summed E-state index contributed by atoms with van der Waals surface area (Å²) in [5, 5.41) is 22.6. The average Bonchev–Trinajstić information content (AvgIpc) is 3.12. The minimum absolute atomic E-state index is 0.128. The molecule has 2 heterocycles. The number of nitro benzene ring substituents is 1. The van der Waals surface area contributed by atoms with E-state index in [-0.39, 0.29) is 29.1 Å². The van der Waals surface area contributed by atoms with Crippen LogP contribution in [0.2, 0.25) is 0 Å². The number of carbonyl (C=O) groups is 2. The lowest BCUT2D eigenvalue weighted by atomic mass is 9.94. The summed E-state index contributed by atoms with van der Waals surface area (Å²) in [6.45, 7) is 3.28. The number of nitro groups is 1. The minimum atomic E-state index is -0.981. The van der Waals surface area contributed by atoms with Gasteiger partial charge in [0.25, 0.3) is 17.4 Å². The van der Waals surface area contributed by atoms with Crippen molar-refractivity contribution in [1.82, 2.24) is 9.80 Å². The number of rotatable bonds is 7. The largest absolute Gasteiger partial charge is 0.507 e. The summed E-state index contributed by atoms with van der Waals surface area (Å²) in [6, 6.07) is 11.4. The number of likely N-dealkylation sites (tertiary alicyclic amines) is 1. The van der Waals surface area contributed by atoms with E-state index in [1.807, 2.05) is 0 Å². The molecule has 0 saturated carbocycles. The van der Waals surface area contributed by atoms with Gasteiger partial charge in [0.15, 0.2) is 0 Å². The molecule has 2 aromatic carbocycles. The molecule has 10 nitrogen and oxygen atoms in total. The Bertz CT molecular complexity index is 1140. The Morgan fingerprint density at radius 3 is 2.59 bits per heavy atom. The topological polar surface area (TPSA) is 122 Å². The first-order valence-electron chi connectivity index (χ1n) is 10.9. The van der Waals surface area contributed by atoms with Gasteiger partial charge in [-0.2, -0.15) is 0 Å². The number of para-hydroxylation sites is 1. The standard InChI is InChI=1S/C24H25N3O7/c1-33-19-8-3-2-7-18(19)22(28)20-21(16-5-4-6-17(15-16)27(31)32)26(24(30)23(20)29)10-9-25-11-13-34-14-12-25/h2-8,15,21,28H,9-14H2,1H3/b22-20+. The van der Waals surface area contributed by atoms with Crippen LogP contribution >= 0.6 is 0 Å². The van der Waals surface area contributed by atoms with E-state index in [1.54, 1.807) is 30.3 Å². The molecule has 2 aliphatic rings. The number of hydrogen-bond acceptors (Lipinski definition) is 8. The molecule has 1 amide bonds. The van der Waals surface area contributed by atoms with Crippen LogP contribution in [0.5, 0.6) is 5.75 Å². The van der Waals surface area contributed by atoms with Crippen LogP contribution in [0, 0.1) is 10.1 Å². The molecule has 34 heavy (non-hydrogen) atoms. The maximum atomic E-state index is 13.2. The SMILES string of the molecule is COc1ccccc1/C(O)=C1\C(=O)C(=O)N(CCN2CCOCC2)C1c1cccc([N+](=O)[O-])c1. The molecule has 10 heteroatoms. The molecule has 178 valence electrons. The maximum Gasteiger partial charge on any atom is 0.295 e. The molecule has 2 saturated heterocycles. The number of amides is 1. The van der Waals surface area contributed by atoms with Crippen LogP contribution in [0.1, 0.15) is 17.2 Å². The molecule has 0 aliphatic carbocycles. The third-order valence-corrected chi connectivity index (χ3v) is 6.06. The number of ether oxygens (including phenoxy) is 2. The fourth-order valence-electron chi connectivity index (χ4n) is 4.32. The zero-order chi connectivity index (χ0) is 24.2. The Kier molecular flexibility index (Phi) is 6.90. The van der Waals surface area contributed by atoms with E-state index < -0.39 is 22.7 Å². The summed E-state index contributed by atoms with van der Waals surface area (Å²) in [7, 11) is 1.44. The first-order valence-corrected chi connectivity index (χ1v) is 10.9. The Balaban J connectivity index is 1.80. The maximum absolute atomic E-state index is 13.2. The fraction of sp³-hybridized carbons (Fsp3) is 0.333. The summed E-state index contributed by atoms with van der Waals surface area (Å²) in [4.78, 5) is 40.6. The van der Waals surface area contributed by atoms with Crippen molar-refractivity contribution >= 4 is 23.1 Å². The third-order valence-electron chi connectivity index (χ3n) is 6.06. The lowest BCUT2D eigenvalue weighted by molar-refractivity contribution is -0.384. The summed E-state index contributed by atoms with van der Waals surface area (Å²) < 4.78 is 10.7. The molecule has 2 aliphatic heterocycles. The van der Waals surface area contributed by atoms with Gasteiger partial charge in [-0.25, -0.2) is 0 Å². The predicted molar refractivity (Wildman–Crippen MR) is 122 cm³/mol. The van der Waals surface area contributed by atoms with Crippen molar-refractivity contribution in [2.45, 2.75) is 6.04 Å². The monoisotopic (exact) mass is 467 g/mol. The Morgan fingerprint density at radius 1 is 1.15 bits per heavy atom. The van der Waals surface area contributed by atoms with Gasteiger partial charge < -0.3 is 19.5 Å². The van der Waals surface area contributed by atoms with Gasteiger partial charge >= 0.3 is 0 Å². The van der Waals surface area contributed by atoms with Gasteiger partial charge in [-0.15, -0.1) is 0 Å². The van der Waals surface area contributed by atoms with Crippen LogP contribution in [-0.4, -0.2) is 78.0 Å². The number of hydrogen-bond donors (Lipinski definition) is 1. The summed E-state index contributed by atoms with van der Waals surface area (Å²) in [5.41, 5.74) is 0.323. The quantitative estimate of drug-likeness (QED) is 0.217. The normalized spacial score (nSPS) is 20.5. The van der Waals surface area contributed by atoms with Gasteiger partial charge in [-0.1, -0.05) is 24.3 Å². The minimum Gasteiger partial charge on any atom is -0.507 e. The Labute approximate surface area is 196 Å². The number of non-ortho nitro benzene ring substituents is 1. The number of aliphatic hydroxyl groups is 1. The molecule has 4 rings (SSSR count). The number of Topliss-reactive ketones (excluding diaryl/α,β-unsaturated/α-hetero) is 1. The van der Waals surface area contributed by atoms with Gasteiger partial charge in [-0.3, -0.25) is 24.6 Å². The second-order valence-corrected chi connectivity index (χ2v) is 8.00. The highest BCUT2D eigenvalue weighted by atomic mass is 16.6. The van der Waals surface area contributed by atoms with Crippen molar-refractivity contribution in [2.24, 2.45) is 0 Å². The van der Waals surface area contributed by atoms with Gasteiger partial charge in [0, 0.05) is 38.3 Å². The molecular formula is C24H25N3O7. The molecule has 0 radical (unpaired) electrons. The molecule has 0 bridgehead atoms. The number of nitrogens with zero attached hydrogens (tertiary/aromatic N) is 3. The average molecular weight is 467 g/mol. The van der Waals surface area contributed by atoms with Crippen molar-refractivity contribution in [3.05, 3.63) is 75.3 Å². The lowest BCUT2D eigenvalue weighted by Crippen LogP contribution is -2.42.